The predicted octanol–water partition coefficient (Wildman–Crippen LogP) is 3.66. The molecule has 20 heavy (non-hydrogen) atoms. The molecular formula is C15H11F2NO2. The van der Waals surface area contributed by atoms with Crippen LogP contribution in [0.5, 0.6) is 0 Å². The van der Waals surface area contributed by atoms with Crippen LogP contribution in [0.3, 0.4) is 0 Å². The lowest BCUT2D eigenvalue weighted by molar-refractivity contribution is 0.0976. The Morgan fingerprint density at radius 1 is 1.30 bits per heavy atom. The molecule has 2 aromatic rings. The first-order chi connectivity index (χ1) is 9.43. The monoisotopic (exact) mass is 275 g/mol. The number of furan rings is 1. The molecule has 0 aliphatic heterocycles. The van der Waals surface area contributed by atoms with E-state index in [4.69, 9.17) is 9.68 Å². The van der Waals surface area contributed by atoms with Gasteiger partial charge in [0.1, 0.15) is 29.1 Å². The van der Waals surface area contributed by atoms with Crippen LogP contribution in [0.15, 0.2) is 28.7 Å². The van der Waals surface area contributed by atoms with Crippen molar-refractivity contribution >= 4 is 5.78 Å². The number of carbonyl (C=O) groups is 1. The van der Waals surface area contributed by atoms with Gasteiger partial charge in [-0.2, -0.15) is 5.26 Å². The quantitative estimate of drug-likeness (QED) is 0.803. The van der Waals surface area contributed by atoms with Crippen molar-refractivity contribution in [2.75, 3.05) is 0 Å². The lowest BCUT2D eigenvalue weighted by Gasteiger charge is -2.09. The fourth-order valence-corrected chi connectivity index (χ4v) is 2.04. The SMILES string of the molecule is Cc1cc(C(=O)C(C#N)c2ccc(F)cc2F)c(C)o1. The van der Waals surface area contributed by atoms with Crippen molar-refractivity contribution in [1.82, 2.24) is 0 Å². The Bertz CT molecular complexity index is 713. The van der Waals surface area contributed by atoms with Gasteiger partial charge in [0.15, 0.2) is 5.78 Å². The Labute approximate surface area is 114 Å². The zero-order valence-electron chi connectivity index (χ0n) is 10.9. The molecule has 0 radical (unpaired) electrons. The fourth-order valence-electron chi connectivity index (χ4n) is 2.04. The molecule has 1 aromatic heterocycles. The van der Waals surface area contributed by atoms with Crippen molar-refractivity contribution in [2.24, 2.45) is 0 Å². The van der Waals surface area contributed by atoms with Crippen LogP contribution in [0.25, 0.3) is 0 Å². The largest absolute Gasteiger partial charge is 0.466 e. The van der Waals surface area contributed by atoms with Crippen molar-refractivity contribution in [3.8, 4) is 6.07 Å². The van der Waals surface area contributed by atoms with Gasteiger partial charge < -0.3 is 4.42 Å². The first-order valence-corrected chi connectivity index (χ1v) is 5.90. The summed E-state index contributed by atoms with van der Waals surface area (Å²) in [5.41, 5.74) is 0.0925. The zero-order valence-corrected chi connectivity index (χ0v) is 10.9. The van der Waals surface area contributed by atoms with E-state index in [1.165, 1.54) is 6.07 Å². The smallest absolute Gasteiger partial charge is 0.188 e. The molecule has 102 valence electrons. The van der Waals surface area contributed by atoms with E-state index in [2.05, 4.69) is 0 Å². The van der Waals surface area contributed by atoms with Gasteiger partial charge in [-0.25, -0.2) is 8.78 Å². The van der Waals surface area contributed by atoms with Crippen LogP contribution in [-0.2, 0) is 0 Å². The third kappa shape index (κ3) is 2.45. The molecule has 5 heteroatoms. The molecular weight excluding hydrogens is 264 g/mol. The minimum absolute atomic E-state index is 0.142. The van der Waals surface area contributed by atoms with Gasteiger partial charge in [-0.3, -0.25) is 4.79 Å². The summed E-state index contributed by atoms with van der Waals surface area (Å²) in [5.74, 6) is -2.66. The van der Waals surface area contributed by atoms with Crippen molar-refractivity contribution in [3.63, 3.8) is 0 Å². The second-order valence-electron chi connectivity index (χ2n) is 4.42. The van der Waals surface area contributed by atoms with Crippen LogP contribution in [0.2, 0.25) is 0 Å². The summed E-state index contributed by atoms with van der Waals surface area (Å²) in [6.07, 6.45) is 0. The van der Waals surface area contributed by atoms with E-state index < -0.39 is 23.3 Å². The Hall–Kier alpha value is -2.48. The van der Waals surface area contributed by atoms with Gasteiger partial charge in [-0.15, -0.1) is 0 Å². The van der Waals surface area contributed by atoms with Crippen LogP contribution in [0.4, 0.5) is 8.78 Å². The van der Waals surface area contributed by atoms with Crippen molar-refractivity contribution in [2.45, 2.75) is 19.8 Å². The molecule has 0 amide bonds. The predicted molar refractivity (Wildman–Crippen MR) is 67.2 cm³/mol. The van der Waals surface area contributed by atoms with Gasteiger partial charge in [0.05, 0.1) is 11.6 Å². The van der Waals surface area contributed by atoms with E-state index in [-0.39, 0.29) is 11.1 Å². The number of carbonyl (C=O) groups excluding carboxylic acids is 1. The number of hydrogen-bond donors (Lipinski definition) is 0. The van der Waals surface area contributed by atoms with E-state index in [0.29, 0.717) is 17.6 Å². The molecule has 2 rings (SSSR count). The second kappa shape index (κ2) is 5.25. The molecule has 0 aliphatic rings. The molecule has 1 atom stereocenters. The Kier molecular flexibility index (Phi) is 3.66. The number of ketones is 1. The maximum atomic E-state index is 13.7. The first kappa shape index (κ1) is 13.9. The minimum Gasteiger partial charge on any atom is -0.466 e. The maximum absolute atomic E-state index is 13.7. The van der Waals surface area contributed by atoms with E-state index in [9.17, 15) is 13.6 Å². The van der Waals surface area contributed by atoms with Crippen LogP contribution < -0.4 is 0 Å². The molecule has 0 spiro atoms. The highest BCUT2D eigenvalue weighted by atomic mass is 19.1. The van der Waals surface area contributed by atoms with Crippen LogP contribution in [0, 0.1) is 36.8 Å². The lowest BCUT2D eigenvalue weighted by Crippen LogP contribution is -2.13. The highest BCUT2D eigenvalue weighted by Crippen LogP contribution is 2.26. The molecule has 1 aromatic carbocycles. The van der Waals surface area contributed by atoms with Crippen LogP contribution >= 0.6 is 0 Å². The second-order valence-corrected chi connectivity index (χ2v) is 4.42. The molecule has 0 N–H and O–H groups in total. The number of hydrogen-bond acceptors (Lipinski definition) is 3. The summed E-state index contributed by atoms with van der Waals surface area (Å²) in [6, 6.07) is 6.04. The highest BCUT2D eigenvalue weighted by Gasteiger charge is 2.27. The van der Waals surface area contributed by atoms with Crippen molar-refractivity contribution < 1.29 is 18.0 Å². The topological polar surface area (TPSA) is 54.0 Å². The summed E-state index contributed by atoms with van der Waals surface area (Å²) in [5, 5.41) is 9.14. The lowest BCUT2D eigenvalue weighted by atomic mass is 9.91. The average Bonchev–Trinajstić information content (AvgIpc) is 2.71. The molecule has 0 fully saturated rings. The molecule has 1 unspecified atom stereocenters. The summed E-state index contributed by atoms with van der Waals surface area (Å²) >= 11 is 0. The number of halogens is 2. The summed E-state index contributed by atoms with van der Waals surface area (Å²) in [7, 11) is 0. The molecule has 3 nitrogen and oxygen atoms in total. The summed E-state index contributed by atoms with van der Waals surface area (Å²) in [6.45, 7) is 3.26. The number of benzene rings is 1. The molecule has 0 saturated carbocycles. The molecule has 0 saturated heterocycles. The van der Waals surface area contributed by atoms with Gasteiger partial charge >= 0.3 is 0 Å². The number of nitrogens with zero attached hydrogens (tertiary/aromatic N) is 1. The van der Waals surface area contributed by atoms with Gasteiger partial charge in [-0.05, 0) is 26.0 Å². The Morgan fingerprint density at radius 3 is 2.50 bits per heavy atom. The van der Waals surface area contributed by atoms with Gasteiger partial charge in [-0.1, -0.05) is 6.07 Å². The summed E-state index contributed by atoms with van der Waals surface area (Å²) < 4.78 is 31.8. The number of nitriles is 1. The number of rotatable bonds is 3. The zero-order chi connectivity index (χ0) is 14.9. The standard InChI is InChI=1S/C15H11F2NO2/c1-8-5-12(9(2)20-8)15(19)13(7-18)11-4-3-10(16)6-14(11)17/h3-6,13H,1-2H3. The Morgan fingerprint density at radius 2 is 2.00 bits per heavy atom. The van der Waals surface area contributed by atoms with Crippen molar-refractivity contribution in [3.05, 3.63) is 58.5 Å². The van der Waals surface area contributed by atoms with Crippen LogP contribution in [-0.4, -0.2) is 5.78 Å². The first-order valence-electron chi connectivity index (χ1n) is 5.90. The number of Topliss-reactive ketones (excluding diaryl/α,β-unsaturated/α-hetero) is 1. The van der Waals surface area contributed by atoms with E-state index in [1.807, 2.05) is 0 Å². The highest BCUT2D eigenvalue weighted by molar-refractivity contribution is 6.03. The van der Waals surface area contributed by atoms with Crippen molar-refractivity contribution in [1.29, 1.82) is 5.26 Å². The van der Waals surface area contributed by atoms with Gasteiger partial charge in [0.25, 0.3) is 0 Å². The molecule has 0 bridgehead atoms. The third-order valence-electron chi connectivity index (χ3n) is 2.97. The molecule has 1 heterocycles. The fraction of sp³-hybridized carbons (Fsp3) is 0.200. The average molecular weight is 275 g/mol. The van der Waals surface area contributed by atoms with E-state index in [1.54, 1.807) is 19.9 Å². The van der Waals surface area contributed by atoms with Gasteiger partial charge in [0, 0.05) is 11.6 Å². The van der Waals surface area contributed by atoms with E-state index >= 15 is 0 Å². The maximum Gasteiger partial charge on any atom is 0.188 e. The normalized spacial score (nSPS) is 11.9. The Balaban J connectivity index is 2.45. The minimum atomic E-state index is -1.33. The number of aryl methyl sites for hydroxylation is 2. The third-order valence-corrected chi connectivity index (χ3v) is 2.97. The van der Waals surface area contributed by atoms with E-state index in [0.717, 1.165) is 12.1 Å². The molecule has 0 aliphatic carbocycles. The van der Waals surface area contributed by atoms with Gasteiger partial charge in [0.2, 0.25) is 0 Å². The van der Waals surface area contributed by atoms with Crippen LogP contribution in [0.1, 0.15) is 33.4 Å². The summed E-state index contributed by atoms with van der Waals surface area (Å²) in [4.78, 5) is 12.3.